The highest BCUT2D eigenvalue weighted by Gasteiger charge is 2.08. The molecule has 0 spiro atoms. The normalized spacial score (nSPS) is 12.8. The van der Waals surface area contributed by atoms with Gasteiger partial charge in [0.05, 0.1) is 6.61 Å². The second-order valence-electron chi connectivity index (χ2n) is 3.80. The maximum Gasteiger partial charge on any atom is 0.119 e. The van der Waals surface area contributed by atoms with E-state index < -0.39 is 0 Å². The van der Waals surface area contributed by atoms with Crippen molar-refractivity contribution in [1.29, 1.82) is 0 Å². The Morgan fingerprint density at radius 1 is 1.27 bits per heavy atom. The first kappa shape index (κ1) is 12.0. The van der Waals surface area contributed by atoms with Crippen LogP contribution in [0.1, 0.15) is 6.42 Å². The molecule has 1 unspecified atom stereocenters. The number of nitrogens with two attached hydrogens (primary N) is 1. The summed E-state index contributed by atoms with van der Waals surface area (Å²) in [5, 5.41) is 0. The molecule has 0 saturated heterocycles. The van der Waals surface area contributed by atoms with Gasteiger partial charge in [-0.1, -0.05) is 18.2 Å². The van der Waals surface area contributed by atoms with E-state index in [0.717, 1.165) is 12.2 Å². The van der Waals surface area contributed by atoms with Crippen molar-refractivity contribution < 1.29 is 4.74 Å². The Labute approximate surface area is 91.8 Å². The molecule has 0 heterocycles. The zero-order valence-corrected chi connectivity index (χ0v) is 9.52. The van der Waals surface area contributed by atoms with E-state index in [-0.39, 0.29) is 0 Å². The second-order valence-corrected chi connectivity index (χ2v) is 3.80. The van der Waals surface area contributed by atoms with Crippen molar-refractivity contribution in [2.24, 2.45) is 5.73 Å². The number of hydrogen-bond acceptors (Lipinski definition) is 3. The van der Waals surface area contributed by atoms with Gasteiger partial charge in [0.15, 0.2) is 0 Å². The molecule has 1 rings (SSSR count). The molecule has 0 aliphatic heterocycles. The number of rotatable bonds is 6. The molecule has 3 nitrogen and oxygen atoms in total. The van der Waals surface area contributed by atoms with Gasteiger partial charge in [0.25, 0.3) is 0 Å². The van der Waals surface area contributed by atoms with E-state index in [1.54, 1.807) is 0 Å². The standard InChI is InChI=1S/C12H20N2O/c1-14(2)11(10-13)8-9-15-12-6-4-3-5-7-12/h3-7,11H,8-10,13H2,1-2H3. The third-order valence-electron chi connectivity index (χ3n) is 2.47. The molecule has 0 amide bonds. The summed E-state index contributed by atoms with van der Waals surface area (Å²) in [5.74, 6) is 0.923. The minimum Gasteiger partial charge on any atom is -0.494 e. The smallest absolute Gasteiger partial charge is 0.119 e. The van der Waals surface area contributed by atoms with Gasteiger partial charge in [0.2, 0.25) is 0 Å². The maximum absolute atomic E-state index is 5.66. The van der Waals surface area contributed by atoms with Crippen molar-refractivity contribution in [3.63, 3.8) is 0 Å². The van der Waals surface area contributed by atoms with Crippen LogP contribution in [-0.4, -0.2) is 38.2 Å². The Balaban J connectivity index is 2.27. The lowest BCUT2D eigenvalue weighted by atomic mass is 10.2. The first-order valence-electron chi connectivity index (χ1n) is 5.28. The van der Waals surface area contributed by atoms with Crippen molar-refractivity contribution >= 4 is 0 Å². The summed E-state index contributed by atoms with van der Waals surface area (Å²) in [6, 6.07) is 10.3. The molecule has 0 radical (unpaired) electrons. The van der Waals surface area contributed by atoms with E-state index in [1.807, 2.05) is 44.4 Å². The predicted octanol–water partition coefficient (Wildman–Crippen LogP) is 1.34. The fraction of sp³-hybridized carbons (Fsp3) is 0.500. The van der Waals surface area contributed by atoms with Gasteiger partial charge < -0.3 is 15.4 Å². The van der Waals surface area contributed by atoms with Crippen LogP contribution >= 0.6 is 0 Å². The Morgan fingerprint density at radius 2 is 1.93 bits per heavy atom. The van der Waals surface area contributed by atoms with Crippen LogP contribution in [0, 0.1) is 0 Å². The molecule has 0 aliphatic rings. The van der Waals surface area contributed by atoms with Gasteiger partial charge in [0.1, 0.15) is 5.75 Å². The lowest BCUT2D eigenvalue weighted by Crippen LogP contribution is -2.36. The van der Waals surface area contributed by atoms with Gasteiger partial charge in [0, 0.05) is 12.6 Å². The average Bonchev–Trinajstić information content (AvgIpc) is 2.25. The molecule has 1 aromatic rings. The minimum atomic E-state index is 0.397. The Hall–Kier alpha value is -1.06. The summed E-state index contributed by atoms with van der Waals surface area (Å²) in [6.45, 7) is 1.38. The molecule has 2 N–H and O–H groups in total. The van der Waals surface area contributed by atoms with Gasteiger partial charge in [-0.05, 0) is 32.6 Å². The molecule has 0 bridgehead atoms. The molecule has 0 fully saturated rings. The maximum atomic E-state index is 5.66. The Morgan fingerprint density at radius 3 is 2.47 bits per heavy atom. The van der Waals surface area contributed by atoms with Gasteiger partial charge in [-0.2, -0.15) is 0 Å². The third kappa shape index (κ3) is 4.32. The number of nitrogens with zero attached hydrogens (tertiary/aromatic N) is 1. The van der Waals surface area contributed by atoms with Gasteiger partial charge in [-0.25, -0.2) is 0 Å². The first-order chi connectivity index (χ1) is 7.24. The van der Waals surface area contributed by atoms with E-state index in [1.165, 1.54) is 0 Å². The number of benzene rings is 1. The summed E-state index contributed by atoms with van der Waals surface area (Å²) < 4.78 is 5.61. The predicted molar refractivity (Wildman–Crippen MR) is 63.1 cm³/mol. The van der Waals surface area contributed by atoms with Crippen molar-refractivity contribution in [1.82, 2.24) is 4.90 Å². The van der Waals surface area contributed by atoms with Crippen LogP contribution in [0.25, 0.3) is 0 Å². The lowest BCUT2D eigenvalue weighted by molar-refractivity contribution is 0.225. The zero-order valence-electron chi connectivity index (χ0n) is 9.52. The molecule has 0 aromatic heterocycles. The Bertz CT molecular complexity index is 262. The van der Waals surface area contributed by atoms with Crippen LogP contribution < -0.4 is 10.5 Å². The van der Waals surface area contributed by atoms with Gasteiger partial charge in [-0.3, -0.25) is 0 Å². The molecule has 1 aromatic carbocycles. The summed E-state index contributed by atoms with van der Waals surface area (Å²) >= 11 is 0. The van der Waals surface area contributed by atoms with Crippen LogP contribution in [0.15, 0.2) is 30.3 Å². The highest BCUT2D eigenvalue weighted by molar-refractivity contribution is 5.20. The number of para-hydroxylation sites is 1. The molecule has 3 heteroatoms. The molecule has 15 heavy (non-hydrogen) atoms. The largest absolute Gasteiger partial charge is 0.494 e. The fourth-order valence-electron chi connectivity index (χ4n) is 1.42. The molecule has 1 atom stereocenters. The topological polar surface area (TPSA) is 38.5 Å². The number of hydrogen-bond donors (Lipinski definition) is 1. The first-order valence-corrected chi connectivity index (χ1v) is 5.28. The van der Waals surface area contributed by atoms with E-state index >= 15 is 0 Å². The number of ether oxygens (including phenoxy) is 1. The quantitative estimate of drug-likeness (QED) is 0.767. The van der Waals surface area contributed by atoms with Crippen molar-refractivity contribution in [2.75, 3.05) is 27.2 Å². The SMILES string of the molecule is CN(C)C(CN)CCOc1ccccc1. The summed E-state index contributed by atoms with van der Waals surface area (Å²) in [7, 11) is 4.08. The highest BCUT2D eigenvalue weighted by Crippen LogP contribution is 2.09. The lowest BCUT2D eigenvalue weighted by Gasteiger charge is -2.22. The molecule has 84 valence electrons. The molecule has 0 saturated carbocycles. The summed E-state index contributed by atoms with van der Waals surface area (Å²) in [5.41, 5.74) is 5.66. The molecule has 0 aliphatic carbocycles. The minimum absolute atomic E-state index is 0.397. The summed E-state index contributed by atoms with van der Waals surface area (Å²) in [4.78, 5) is 2.13. The number of likely N-dealkylation sites (N-methyl/N-ethyl adjacent to an activating group) is 1. The second kappa shape index (κ2) is 6.43. The third-order valence-corrected chi connectivity index (χ3v) is 2.47. The summed E-state index contributed by atoms with van der Waals surface area (Å²) in [6.07, 6.45) is 0.957. The van der Waals surface area contributed by atoms with Gasteiger partial charge >= 0.3 is 0 Å². The van der Waals surface area contributed by atoms with Crippen LogP contribution in [-0.2, 0) is 0 Å². The van der Waals surface area contributed by atoms with Crippen LogP contribution in [0.4, 0.5) is 0 Å². The fourth-order valence-corrected chi connectivity index (χ4v) is 1.42. The van der Waals surface area contributed by atoms with Crippen molar-refractivity contribution in [2.45, 2.75) is 12.5 Å². The monoisotopic (exact) mass is 208 g/mol. The highest BCUT2D eigenvalue weighted by atomic mass is 16.5. The van der Waals surface area contributed by atoms with Crippen molar-refractivity contribution in [3.05, 3.63) is 30.3 Å². The van der Waals surface area contributed by atoms with Crippen molar-refractivity contribution in [3.8, 4) is 5.75 Å². The molecular weight excluding hydrogens is 188 g/mol. The molecular formula is C12H20N2O. The average molecular weight is 208 g/mol. The Kier molecular flexibility index (Phi) is 5.15. The van der Waals surface area contributed by atoms with Crippen LogP contribution in [0.3, 0.4) is 0 Å². The van der Waals surface area contributed by atoms with Gasteiger partial charge in [-0.15, -0.1) is 0 Å². The zero-order chi connectivity index (χ0) is 11.1. The van der Waals surface area contributed by atoms with E-state index in [2.05, 4.69) is 4.90 Å². The van der Waals surface area contributed by atoms with Crippen LogP contribution in [0.5, 0.6) is 5.75 Å². The van der Waals surface area contributed by atoms with E-state index in [4.69, 9.17) is 10.5 Å². The van der Waals surface area contributed by atoms with E-state index in [0.29, 0.717) is 19.2 Å². The van der Waals surface area contributed by atoms with Crippen LogP contribution in [0.2, 0.25) is 0 Å². The van der Waals surface area contributed by atoms with E-state index in [9.17, 15) is 0 Å².